The lowest BCUT2D eigenvalue weighted by Crippen LogP contribution is -2.45. The van der Waals surface area contributed by atoms with Gasteiger partial charge in [-0.25, -0.2) is 0 Å². The number of rotatable bonds is 4. The summed E-state index contributed by atoms with van der Waals surface area (Å²) in [6.45, 7) is 6.54. The lowest BCUT2D eigenvalue weighted by molar-refractivity contribution is 0.0923. The quantitative estimate of drug-likeness (QED) is 0.889. The Morgan fingerprint density at radius 1 is 1.27 bits per heavy atom. The minimum atomic E-state index is 0.0573. The van der Waals surface area contributed by atoms with Gasteiger partial charge in [0.2, 0.25) is 0 Å². The molecule has 2 aliphatic carbocycles. The van der Waals surface area contributed by atoms with Gasteiger partial charge in [-0.15, -0.1) is 0 Å². The van der Waals surface area contributed by atoms with Gasteiger partial charge < -0.3 is 10.6 Å². The molecule has 3 aliphatic rings. The van der Waals surface area contributed by atoms with Crippen LogP contribution in [0.3, 0.4) is 0 Å². The van der Waals surface area contributed by atoms with Crippen LogP contribution in [0.2, 0.25) is 0 Å². The number of fused-ring (bicyclic) bond motifs is 3. The Labute approximate surface area is 154 Å². The number of carbonyl (C=O) groups is 1. The number of amides is 1. The first-order valence-corrected chi connectivity index (χ1v) is 10.0. The molecule has 0 bridgehead atoms. The maximum absolute atomic E-state index is 13.2. The lowest BCUT2D eigenvalue weighted by Gasteiger charge is -2.24. The Bertz CT molecular complexity index is 874. The highest BCUT2D eigenvalue weighted by Crippen LogP contribution is 2.51. The van der Waals surface area contributed by atoms with Crippen molar-refractivity contribution in [3.63, 3.8) is 0 Å². The zero-order valence-electron chi connectivity index (χ0n) is 15.8. The minimum Gasteiger partial charge on any atom is -0.349 e. The summed E-state index contributed by atoms with van der Waals surface area (Å²) in [6.07, 6.45) is 5.19. The molecule has 136 valence electrons. The summed E-state index contributed by atoms with van der Waals surface area (Å²) < 4.78 is 0. The van der Waals surface area contributed by atoms with Crippen LogP contribution in [0.4, 0.5) is 0 Å². The molecular formula is C22H27N3O. The predicted octanol–water partition coefficient (Wildman–Crippen LogP) is 3.40. The summed E-state index contributed by atoms with van der Waals surface area (Å²) >= 11 is 0. The third kappa shape index (κ3) is 2.54. The number of hydrogen-bond acceptors (Lipinski definition) is 3. The van der Waals surface area contributed by atoms with E-state index in [2.05, 4.69) is 48.5 Å². The maximum Gasteiger partial charge on any atom is 0.253 e. The van der Waals surface area contributed by atoms with Crippen molar-refractivity contribution in [1.82, 2.24) is 15.6 Å². The van der Waals surface area contributed by atoms with E-state index in [-0.39, 0.29) is 5.91 Å². The highest BCUT2D eigenvalue weighted by Gasteiger charge is 2.60. The Kier molecular flexibility index (Phi) is 3.61. The van der Waals surface area contributed by atoms with Gasteiger partial charge in [0.25, 0.3) is 5.91 Å². The maximum atomic E-state index is 13.2. The van der Waals surface area contributed by atoms with Crippen LogP contribution in [0, 0.1) is 11.8 Å². The van der Waals surface area contributed by atoms with Gasteiger partial charge in [0, 0.05) is 29.7 Å². The van der Waals surface area contributed by atoms with E-state index >= 15 is 0 Å². The van der Waals surface area contributed by atoms with Crippen molar-refractivity contribution in [3.8, 4) is 0 Å². The van der Waals surface area contributed by atoms with E-state index < -0.39 is 0 Å². The molecular weight excluding hydrogens is 322 g/mol. The Balaban J connectivity index is 1.53. The molecule has 1 aromatic heterocycles. The van der Waals surface area contributed by atoms with Crippen molar-refractivity contribution in [1.29, 1.82) is 0 Å². The Hall–Kier alpha value is -1.94. The molecule has 0 radical (unpaired) electrons. The van der Waals surface area contributed by atoms with Crippen LogP contribution in [0.5, 0.6) is 0 Å². The molecule has 2 aromatic rings. The number of aryl methyl sites for hydroxylation is 1. The van der Waals surface area contributed by atoms with E-state index in [1.54, 1.807) is 0 Å². The SMILES string of the molecule is CCc1cc(C(=O)NC2C3CC3NC3CC32)c2nccc(C(C)C)c2c1. The van der Waals surface area contributed by atoms with Crippen LogP contribution < -0.4 is 10.6 Å². The van der Waals surface area contributed by atoms with Gasteiger partial charge in [0.15, 0.2) is 0 Å². The molecule has 0 spiro atoms. The molecule has 2 heterocycles. The average Bonchev–Trinajstić information content (AvgIpc) is 3.54. The second-order valence-electron chi connectivity index (χ2n) is 8.63. The molecule has 3 fully saturated rings. The van der Waals surface area contributed by atoms with Gasteiger partial charge in [-0.05, 0) is 66.3 Å². The molecule has 1 aromatic carbocycles. The molecule has 1 amide bonds. The molecule has 26 heavy (non-hydrogen) atoms. The first kappa shape index (κ1) is 16.2. The monoisotopic (exact) mass is 349 g/mol. The van der Waals surface area contributed by atoms with E-state index in [1.807, 2.05) is 12.3 Å². The molecule has 4 atom stereocenters. The van der Waals surface area contributed by atoms with Crippen molar-refractivity contribution in [3.05, 3.63) is 41.1 Å². The largest absolute Gasteiger partial charge is 0.349 e. The lowest BCUT2D eigenvalue weighted by atomic mass is 9.94. The van der Waals surface area contributed by atoms with E-state index in [0.717, 1.165) is 22.9 Å². The summed E-state index contributed by atoms with van der Waals surface area (Å²) in [5.74, 6) is 1.72. The van der Waals surface area contributed by atoms with Crippen molar-refractivity contribution in [2.24, 2.45) is 11.8 Å². The van der Waals surface area contributed by atoms with Crippen LogP contribution in [0.15, 0.2) is 24.4 Å². The van der Waals surface area contributed by atoms with Crippen LogP contribution in [0.1, 0.15) is 61.0 Å². The standard InChI is InChI=1S/C22H27N3O/c1-4-12-7-14-13(11(2)3)5-6-23-20(14)17(8-12)22(26)25-21-15-9-18(15)24-19-10-16(19)21/h5-8,11,15-16,18-19,21,24H,4,9-10H2,1-3H3,(H,25,26). The highest BCUT2D eigenvalue weighted by atomic mass is 16.1. The molecule has 1 aliphatic heterocycles. The number of aromatic nitrogens is 1. The van der Waals surface area contributed by atoms with E-state index in [9.17, 15) is 4.79 Å². The van der Waals surface area contributed by atoms with Gasteiger partial charge in [-0.1, -0.05) is 20.8 Å². The Morgan fingerprint density at radius 3 is 2.65 bits per heavy atom. The molecule has 4 unspecified atom stereocenters. The summed E-state index contributed by atoms with van der Waals surface area (Å²) in [4.78, 5) is 17.8. The third-order valence-electron chi connectivity index (χ3n) is 6.54. The van der Waals surface area contributed by atoms with Gasteiger partial charge in [-0.3, -0.25) is 9.78 Å². The fraction of sp³-hybridized carbons (Fsp3) is 0.545. The van der Waals surface area contributed by atoms with Crippen molar-refractivity contribution >= 4 is 16.8 Å². The molecule has 1 saturated heterocycles. The third-order valence-corrected chi connectivity index (χ3v) is 6.54. The molecule has 4 heteroatoms. The smallest absolute Gasteiger partial charge is 0.253 e. The number of nitrogens with one attached hydrogen (secondary N) is 2. The van der Waals surface area contributed by atoms with Gasteiger partial charge in [-0.2, -0.15) is 0 Å². The minimum absolute atomic E-state index is 0.0573. The van der Waals surface area contributed by atoms with Crippen molar-refractivity contribution in [2.45, 2.75) is 64.1 Å². The number of carbonyl (C=O) groups excluding carboxylic acids is 1. The molecule has 2 saturated carbocycles. The zero-order valence-corrected chi connectivity index (χ0v) is 15.8. The summed E-state index contributed by atoms with van der Waals surface area (Å²) in [7, 11) is 0. The van der Waals surface area contributed by atoms with Crippen LogP contribution in [0.25, 0.3) is 10.9 Å². The summed E-state index contributed by atoms with van der Waals surface area (Å²) in [5, 5.41) is 8.20. The molecule has 5 rings (SSSR count). The fourth-order valence-electron chi connectivity index (χ4n) is 4.86. The first-order valence-electron chi connectivity index (χ1n) is 10.0. The topological polar surface area (TPSA) is 54.0 Å². The van der Waals surface area contributed by atoms with Gasteiger partial charge in [0.05, 0.1) is 11.1 Å². The van der Waals surface area contributed by atoms with E-state index in [0.29, 0.717) is 35.9 Å². The molecule has 2 N–H and O–H groups in total. The van der Waals surface area contributed by atoms with Crippen LogP contribution in [-0.4, -0.2) is 29.0 Å². The highest BCUT2D eigenvalue weighted by molar-refractivity contribution is 6.06. The predicted molar refractivity (Wildman–Crippen MR) is 103 cm³/mol. The normalized spacial score (nSPS) is 31.5. The number of piperidine rings is 1. The van der Waals surface area contributed by atoms with Gasteiger partial charge in [0.1, 0.15) is 0 Å². The number of benzene rings is 1. The number of nitrogens with zero attached hydrogens (tertiary/aromatic N) is 1. The second-order valence-corrected chi connectivity index (χ2v) is 8.63. The first-order chi connectivity index (χ1) is 12.6. The van der Waals surface area contributed by atoms with E-state index in [4.69, 9.17) is 0 Å². The van der Waals surface area contributed by atoms with Gasteiger partial charge >= 0.3 is 0 Å². The van der Waals surface area contributed by atoms with Crippen molar-refractivity contribution < 1.29 is 4.79 Å². The molecule has 4 nitrogen and oxygen atoms in total. The van der Waals surface area contributed by atoms with Crippen LogP contribution >= 0.6 is 0 Å². The van der Waals surface area contributed by atoms with Crippen molar-refractivity contribution in [2.75, 3.05) is 0 Å². The number of pyridine rings is 1. The zero-order chi connectivity index (χ0) is 18.0. The van der Waals surface area contributed by atoms with Crippen LogP contribution in [-0.2, 0) is 6.42 Å². The summed E-state index contributed by atoms with van der Waals surface area (Å²) in [5.41, 5.74) is 4.07. The second kappa shape index (κ2) is 5.78. The number of hydrogen-bond donors (Lipinski definition) is 2. The van der Waals surface area contributed by atoms with E-state index in [1.165, 1.54) is 24.0 Å². The Morgan fingerprint density at radius 2 is 2.00 bits per heavy atom. The average molecular weight is 349 g/mol. The summed E-state index contributed by atoms with van der Waals surface area (Å²) in [6, 6.07) is 7.95. The fourth-order valence-corrected chi connectivity index (χ4v) is 4.86.